The maximum absolute atomic E-state index is 6.46. The molecular formula is C26H29N3O2S. The fourth-order valence-electron chi connectivity index (χ4n) is 4.97. The Labute approximate surface area is 194 Å². The molecule has 2 aliphatic rings. The minimum absolute atomic E-state index is 0.0167. The van der Waals surface area contributed by atoms with Gasteiger partial charge in [0, 0.05) is 17.8 Å². The fraction of sp³-hybridized carbons (Fsp3) is 0.385. The Hall–Kier alpha value is -2.86. The monoisotopic (exact) mass is 447 g/mol. The van der Waals surface area contributed by atoms with Crippen molar-refractivity contribution < 1.29 is 9.15 Å². The van der Waals surface area contributed by atoms with Gasteiger partial charge in [0.15, 0.2) is 5.11 Å². The molecule has 1 aliphatic heterocycles. The Morgan fingerprint density at radius 2 is 1.88 bits per heavy atom. The van der Waals surface area contributed by atoms with Crippen molar-refractivity contribution in [2.75, 3.05) is 6.61 Å². The van der Waals surface area contributed by atoms with Gasteiger partial charge in [0.05, 0.1) is 18.3 Å². The third kappa shape index (κ3) is 4.11. The number of furan rings is 1. The van der Waals surface area contributed by atoms with Gasteiger partial charge in [-0.3, -0.25) is 4.98 Å². The molecule has 1 saturated heterocycles. The first-order valence-electron chi connectivity index (χ1n) is 11.6. The van der Waals surface area contributed by atoms with Crippen LogP contribution in [0, 0.1) is 0 Å². The van der Waals surface area contributed by atoms with E-state index in [2.05, 4.69) is 33.4 Å². The summed E-state index contributed by atoms with van der Waals surface area (Å²) in [6, 6.07) is 18.6. The van der Waals surface area contributed by atoms with E-state index >= 15 is 0 Å². The summed E-state index contributed by atoms with van der Waals surface area (Å²) < 4.78 is 12.0. The lowest BCUT2D eigenvalue weighted by Gasteiger charge is -2.36. The van der Waals surface area contributed by atoms with Crippen LogP contribution in [-0.2, 0) is 0 Å². The van der Waals surface area contributed by atoms with Gasteiger partial charge in [0.2, 0.25) is 0 Å². The summed E-state index contributed by atoms with van der Waals surface area (Å²) >= 11 is 5.85. The van der Waals surface area contributed by atoms with Crippen molar-refractivity contribution in [3.8, 4) is 17.1 Å². The molecule has 0 amide bonds. The summed E-state index contributed by atoms with van der Waals surface area (Å²) in [5.41, 5.74) is 2.02. The van der Waals surface area contributed by atoms with Crippen LogP contribution >= 0.6 is 12.2 Å². The quantitative estimate of drug-likeness (QED) is 0.465. The predicted molar refractivity (Wildman–Crippen MR) is 129 cm³/mol. The standard InChI is InChI=1S/C26H29N3O2S/c1-2-30-20-13-11-18(12-14-20)22-15-16-23(31-22)25-24(21-10-6-7-17-27-21)28-26(32)29(25)19-8-4-3-5-9-19/h6-7,10-17,19,24-25H,2-5,8-9H2,1H3,(H,28,32). The minimum atomic E-state index is -0.0371. The molecule has 5 nitrogen and oxygen atoms in total. The lowest BCUT2D eigenvalue weighted by Crippen LogP contribution is -2.40. The number of nitrogens with one attached hydrogen (secondary N) is 1. The average Bonchev–Trinajstić information content (AvgIpc) is 3.45. The molecule has 3 aromatic rings. The highest BCUT2D eigenvalue weighted by Gasteiger charge is 2.44. The van der Waals surface area contributed by atoms with E-state index in [1.165, 1.54) is 32.1 Å². The van der Waals surface area contributed by atoms with E-state index in [9.17, 15) is 0 Å². The van der Waals surface area contributed by atoms with E-state index < -0.39 is 0 Å². The van der Waals surface area contributed by atoms with Crippen LogP contribution in [0.5, 0.6) is 5.75 Å². The summed E-state index contributed by atoms with van der Waals surface area (Å²) in [5, 5.41) is 4.36. The van der Waals surface area contributed by atoms with Crippen LogP contribution in [0.25, 0.3) is 11.3 Å². The number of hydrogen-bond donors (Lipinski definition) is 1. The number of pyridine rings is 1. The van der Waals surface area contributed by atoms with Crippen molar-refractivity contribution in [1.29, 1.82) is 0 Å². The Morgan fingerprint density at radius 3 is 2.59 bits per heavy atom. The van der Waals surface area contributed by atoms with Gasteiger partial charge in [-0.25, -0.2) is 0 Å². The van der Waals surface area contributed by atoms with Gasteiger partial charge in [-0.05, 0) is 80.5 Å². The molecule has 1 N–H and O–H groups in total. The molecule has 2 unspecified atom stereocenters. The topological polar surface area (TPSA) is 50.5 Å². The zero-order valence-electron chi connectivity index (χ0n) is 18.4. The summed E-state index contributed by atoms with van der Waals surface area (Å²) in [5.74, 6) is 2.64. The number of benzene rings is 1. The summed E-state index contributed by atoms with van der Waals surface area (Å²) in [7, 11) is 0. The molecule has 1 aromatic carbocycles. The molecule has 32 heavy (non-hydrogen) atoms. The molecule has 0 bridgehead atoms. The molecule has 0 spiro atoms. The Morgan fingerprint density at radius 1 is 1.06 bits per heavy atom. The predicted octanol–water partition coefficient (Wildman–Crippen LogP) is 6.05. The second-order valence-electron chi connectivity index (χ2n) is 8.49. The second-order valence-corrected chi connectivity index (χ2v) is 8.87. The normalized spacial score (nSPS) is 21.5. The molecule has 6 heteroatoms. The van der Waals surface area contributed by atoms with Gasteiger partial charge >= 0.3 is 0 Å². The van der Waals surface area contributed by atoms with E-state index in [1.54, 1.807) is 0 Å². The summed E-state index contributed by atoms with van der Waals surface area (Å²) in [4.78, 5) is 7.02. The maximum atomic E-state index is 6.46. The zero-order chi connectivity index (χ0) is 21.9. The number of thiocarbonyl (C=S) groups is 1. The molecular weight excluding hydrogens is 418 g/mol. The molecule has 2 atom stereocenters. The molecule has 2 aromatic heterocycles. The minimum Gasteiger partial charge on any atom is -0.494 e. The molecule has 166 valence electrons. The molecule has 2 fully saturated rings. The lowest BCUT2D eigenvalue weighted by molar-refractivity contribution is 0.179. The van der Waals surface area contributed by atoms with Gasteiger partial charge in [0.25, 0.3) is 0 Å². The van der Waals surface area contributed by atoms with E-state index in [0.717, 1.165) is 33.6 Å². The molecule has 5 rings (SSSR count). The van der Waals surface area contributed by atoms with Gasteiger partial charge in [-0.15, -0.1) is 0 Å². The fourth-order valence-corrected chi connectivity index (χ4v) is 5.36. The van der Waals surface area contributed by atoms with Gasteiger partial charge < -0.3 is 19.4 Å². The van der Waals surface area contributed by atoms with Crippen molar-refractivity contribution in [3.05, 3.63) is 72.2 Å². The van der Waals surface area contributed by atoms with Crippen LogP contribution in [0.2, 0.25) is 0 Å². The number of nitrogens with zero attached hydrogens (tertiary/aromatic N) is 2. The van der Waals surface area contributed by atoms with Gasteiger partial charge in [0.1, 0.15) is 23.3 Å². The van der Waals surface area contributed by atoms with Crippen molar-refractivity contribution in [2.24, 2.45) is 0 Å². The largest absolute Gasteiger partial charge is 0.494 e. The Kier molecular flexibility index (Phi) is 6.12. The third-order valence-electron chi connectivity index (χ3n) is 6.47. The van der Waals surface area contributed by atoms with Crippen molar-refractivity contribution >= 4 is 17.3 Å². The summed E-state index contributed by atoms with van der Waals surface area (Å²) in [6.07, 6.45) is 7.98. The Balaban J connectivity index is 1.49. The first-order valence-corrected chi connectivity index (χ1v) is 12.0. The van der Waals surface area contributed by atoms with Gasteiger partial charge in [-0.1, -0.05) is 25.3 Å². The highest BCUT2D eigenvalue weighted by atomic mass is 32.1. The first-order chi connectivity index (χ1) is 15.7. The second kappa shape index (κ2) is 9.33. The number of aromatic nitrogens is 1. The Bertz CT molecular complexity index is 1040. The smallest absolute Gasteiger partial charge is 0.170 e. The van der Waals surface area contributed by atoms with Crippen molar-refractivity contribution in [1.82, 2.24) is 15.2 Å². The molecule has 1 aliphatic carbocycles. The highest BCUT2D eigenvalue weighted by molar-refractivity contribution is 7.80. The van der Waals surface area contributed by atoms with Crippen LogP contribution < -0.4 is 10.1 Å². The number of hydrogen-bond acceptors (Lipinski definition) is 4. The van der Waals surface area contributed by atoms with Crippen LogP contribution in [0.3, 0.4) is 0 Å². The highest BCUT2D eigenvalue weighted by Crippen LogP contribution is 2.43. The number of rotatable bonds is 6. The van der Waals surface area contributed by atoms with E-state index in [-0.39, 0.29) is 12.1 Å². The summed E-state index contributed by atoms with van der Waals surface area (Å²) in [6.45, 7) is 2.65. The van der Waals surface area contributed by atoms with E-state index in [1.807, 2.05) is 49.5 Å². The van der Waals surface area contributed by atoms with Crippen LogP contribution in [0.1, 0.15) is 62.6 Å². The van der Waals surface area contributed by atoms with Crippen LogP contribution in [0.15, 0.2) is 65.2 Å². The molecule has 3 heterocycles. The molecule has 0 radical (unpaired) electrons. The SMILES string of the molecule is CCOc1ccc(-c2ccc(C3C(c4ccccn4)NC(=S)N3C3CCCCC3)o2)cc1. The maximum Gasteiger partial charge on any atom is 0.170 e. The van der Waals surface area contributed by atoms with Gasteiger partial charge in [-0.2, -0.15) is 0 Å². The number of ether oxygens (including phenoxy) is 1. The van der Waals surface area contributed by atoms with Crippen molar-refractivity contribution in [2.45, 2.75) is 57.2 Å². The zero-order valence-corrected chi connectivity index (χ0v) is 19.2. The van der Waals surface area contributed by atoms with E-state index in [0.29, 0.717) is 12.6 Å². The lowest BCUT2D eigenvalue weighted by atomic mass is 9.92. The van der Waals surface area contributed by atoms with Crippen LogP contribution in [0.4, 0.5) is 0 Å². The van der Waals surface area contributed by atoms with Crippen LogP contribution in [-0.4, -0.2) is 27.6 Å². The first kappa shape index (κ1) is 21.0. The van der Waals surface area contributed by atoms with Crippen molar-refractivity contribution in [3.63, 3.8) is 0 Å². The molecule has 1 saturated carbocycles. The average molecular weight is 448 g/mol. The third-order valence-corrected chi connectivity index (χ3v) is 6.80. The van der Waals surface area contributed by atoms with E-state index in [4.69, 9.17) is 21.4 Å².